The van der Waals surface area contributed by atoms with Gasteiger partial charge in [-0.1, -0.05) is 0 Å². The molecule has 0 aromatic carbocycles. The summed E-state index contributed by atoms with van der Waals surface area (Å²) in [5.74, 6) is 0.161. The average molecular weight is 241 g/mol. The molecule has 1 heterocycles. The highest BCUT2D eigenvalue weighted by Gasteiger charge is 2.23. The molecule has 0 radical (unpaired) electrons. The SMILES string of the molecule is COC(=O)[C@H](N)[C@H](C)Oc1cc(C)oc(=O)c1. The normalized spacial score (nSPS) is 13.9. The van der Waals surface area contributed by atoms with E-state index in [4.69, 9.17) is 14.9 Å². The van der Waals surface area contributed by atoms with Gasteiger partial charge >= 0.3 is 11.6 Å². The van der Waals surface area contributed by atoms with Crippen LogP contribution in [0, 0.1) is 6.92 Å². The van der Waals surface area contributed by atoms with E-state index in [1.807, 2.05) is 0 Å². The lowest BCUT2D eigenvalue weighted by Crippen LogP contribution is -2.44. The van der Waals surface area contributed by atoms with Gasteiger partial charge in [-0.3, -0.25) is 4.79 Å². The van der Waals surface area contributed by atoms with E-state index in [1.54, 1.807) is 19.9 Å². The van der Waals surface area contributed by atoms with Gasteiger partial charge in [0.15, 0.2) is 0 Å². The quantitative estimate of drug-likeness (QED) is 0.758. The van der Waals surface area contributed by atoms with Crippen molar-refractivity contribution in [3.8, 4) is 5.75 Å². The van der Waals surface area contributed by atoms with Crippen molar-refractivity contribution in [3.05, 3.63) is 28.3 Å². The second kappa shape index (κ2) is 5.49. The Kier molecular flexibility index (Phi) is 4.28. The van der Waals surface area contributed by atoms with Crippen molar-refractivity contribution in [1.29, 1.82) is 0 Å². The fraction of sp³-hybridized carbons (Fsp3) is 0.455. The number of rotatable bonds is 4. The molecule has 0 saturated heterocycles. The minimum Gasteiger partial charge on any atom is -0.488 e. The number of ether oxygens (including phenoxy) is 2. The monoisotopic (exact) mass is 241 g/mol. The Hall–Kier alpha value is -1.82. The molecule has 2 N–H and O–H groups in total. The number of carbonyl (C=O) groups is 1. The zero-order chi connectivity index (χ0) is 13.0. The van der Waals surface area contributed by atoms with E-state index in [1.165, 1.54) is 13.2 Å². The van der Waals surface area contributed by atoms with Crippen molar-refractivity contribution in [3.63, 3.8) is 0 Å². The molecule has 2 atom stereocenters. The molecule has 17 heavy (non-hydrogen) atoms. The molecule has 1 aromatic rings. The molecule has 1 aromatic heterocycles. The second-order valence-corrected chi connectivity index (χ2v) is 3.59. The molecule has 0 spiro atoms. The van der Waals surface area contributed by atoms with Gasteiger partial charge in [0.1, 0.15) is 23.7 Å². The summed E-state index contributed by atoms with van der Waals surface area (Å²) in [7, 11) is 1.25. The summed E-state index contributed by atoms with van der Waals surface area (Å²) in [6, 6.07) is 1.82. The lowest BCUT2D eigenvalue weighted by molar-refractivity contribution is -0.144. The first-order valence-electron chi connectivity index (χ1n) is 5.06. The topological polar surface area (TPSA) is 91.8 Å². The first-order chi connectivity index (χ1) is 7.93. The van der Waals surface area contributed by atoms with Gasteiger partial charge in [-0.15, -0.1) is 0 Å². The third kappa shape index (κ3) is 3.60. The number of methoxy groups -OCH3 is 1. The number of nitrogens with two attached hydrogens (primary N) is 1. The number of aryl methyl sites for hydroxylation is 1. The summed E-state index contributed by atoms with van der Waals surface area (Å²) in [6.07, 6.45) is -0.608. The van der Waals surface area contributed by atoms with Gasteiger partial charge in [-0.25, -0.2) is 4.79 Å². The molecule has 0 fully saturated rings. The van der Waals surface area contributed by atoms with Crippen molar-refractivity contribution in [1.82, 2.24) is 0 Å². The molecule has 0 aliphatic heterocycles. The van der Waals surface area contributed by atoms with Gasteiger partial charge < -0.3 is 19.6 Å². The Labute approximate surface area is 98.3 Å². The van der Waals surface area contributed by atoms with Gasteiger partial charge in [0, 0.05) is 6.07 Å². The molecule has 0 aliphatic carbocycles. The van der Waals surface area contributed by atoms with Crippen molar-refractivity contribution in [2.24, 2.45) is 5.73 Å². The third-order valence-electron chi connectivity index (χ3n) is 2.17. The van der Waals surface area contributed by atoms with E-state index in [2.05, 4.69) is 4.74 Å². The molecule has 94 valence electrons. The Morgan fingerprint density at radius 2 is 2.12 bits per heavy atom. The average Bonchev–Trinajstić information content (AvgIpc) is 2.25. The van der Waals surface area contributed by atoms with E-state index in [0.717, 1.165) is 0 Å². The van der Waals surface area contributed by atoms with E-state index in [0.29, 0.717) is 11.5 Å². The van der Waals surface area contributed by atoms with Crippen LogP contribution in [0.2, 0.25) is 0 Å². The van der Waals surface area contributed by atoms with E-state index in [9.17, 15) is 9.59 Å². The van der Waals surface area contributed by atoms with Crippen LogP contribution in [-0.2, 0) is 9.53 Å². The van der Waals surface area contributed by atoms with Crippen molar-refractivity contribution < 1.29 is 18.7 Å². The predicted molar refractivity (Wildman–Crippen MR) is 59.8 cm³/mol. The molecule has 6 heteroatoms. The van der Waals surface area contributed by atoms with Crippen LogP contribution >= 0.6 is 0 Å². The van der Waals surface area contributed by atoms with Crippen LogP contribution in [0.1, 0.15) is 12.7 Å². The van der Waals surface area contributed by atoms with Crippen LogP contribution in [-0.4, -0.2) is 25.2 Å². The minimum atomic E-state index is -0.910. The van der Waals surface area contributed by atoms with Crippen molar-refractivity contribution in [2.75, 3.05) is 7.11 Å². The molecule has 6 nitrogen and oxygen atoms in total. The highest BCUT2D eigenvalue weighted by Crippen LogP contribution is 2.12. The summed E-state index contributed by atoms with van der Waals surface area (Å²) in [5, 5.41) is 0. The first-order valence-corrected chi connectivity index (χ1v) is 5.06. The summed E-state index contributed by atoms with van der Waals surface area (Å²) >= 11 is 0. The van der Waals surface area contributed by atoms with Gasteiger partial charge in [-0.05, 0) is 13.8 Å². The predicted octanol–water partition coefficient (Wildman–Crippen LogP) is 0.216. The Balaban J connectivity index is 2.77. The number of esters is 1. The highest BCUT2D eigenvalue weighted by molar-refractivity contribution is 5.76. The zero-order valence-electron chi connectivity index (χ0n) is 9.93. The molecular formula is C11H15NO5. The number of hydrogen-bond donors (Lipinski definition) is 1. The number of carbonyl (C=O) groups excluding carboxylic acids is 1. The summed E-state index contributed by atoms with van der Waals surface area (Å²) in [5.41, 5.74) is 5.08. The van der Waals surface area contributed by atoms with E-state index >= 15 is 0 Å². The van der Waals surface area contributed by atoms with Crippen LogP contribution in [0.3, 0.4) is 0 Å². The largest absolute Gasteiger partial charge is 0.488 e. The number of hydrogen-bond acceptors (Lipinski definition) is 6. The van der Waals surface area contributed by atoms with Crippen molar-refractivity contribution in [2.45, 2.75) is 26.0 Å². The smallest absolute Gasteiger partial charge is 0.339 e. The minimum absolute atomic E-state index is 0.311. The molecule has 0 unspecified atom stereocenters. The third-order valence-corrected chi connectivity index (χ3v) is 2.17. The summed E-state index contributed by atoms with van der Waals surface area (Å²) < 4.78 is 14.6. The van der Waals surface area contributed by atoms with Gasteiger partial charge in [-0.2, -0.15) is 0 Å². The van der Waals surface area contributed by atoms with E-state index < -0.39 is 23.7 Å². The maximum absolute atomic E-state index is 11.2. The van der Waals surface area contributed by atoms with Crippen LogP contribution in [0.25, 0.3) is 0 Å². The summed E-state index contributed by atoms with van der Waals surface area (Å²) in [6.45, 7) is 3.24. The van der Waals surface area contributed by atoms with Crippen LogP contribution in [0.15, 0.2) is 21.3 Å². The van der Waals surface area contributed by atoms with Crippen molar-refractivity contribution >= 4 is 5.97 Å². The maximum atomic E-state index is 11.2. The van der Waals surface area contributed by atoms with Gasteiger partial charge in [0.25, 0.3) is 0 Å². The Morgan fingerprint density at radius 3 is 2.65 bits per heavy atom. The molecule has 1 rings (SSSR count). The first kappa shape index (κ1) is 13.2. The lowest BCUT2D eigenvalue weighted by Gasteiger charge is -2.19. The van der Waals surface area contributed by atoms with Crippen LogP contribution < -0.4 is 16.1 Å². The maximum Gasteiger partial charge on any atom is 0.339 e. The summed E-state index contributed by atoms with van der Waals surface area (Å²) in [4.78, 5) is 22.3. The molecule has 0 saturated carbocycles. The fourth-order valence-corrected chi connectivity index (χ4v) is 1.26. The van der Waals surface area contributed by atoms with Gasteiger partial charge in [0.05, 0.1) is 13.2 Å². The van der Waals surface area contributed by atoms with Crippen LogP contribution in [0.4, 0.5) is 0 Å². The second-order valence-electron chi connectivity index (χ2n) is 3.59. The zero-order valence-corrected chi connectivity index (χ0v) is 9.93. The molecule has 0 aliphatic rings. The van der Waals surface area contributed by atoms with E-state index in [-0.39, 0.29) is 0 Å². The fourth-order valence-electron chi connectivity index (χ4n) is 1.26. The lowest BCUT2D eigenvalue weighted by atomic mass is 10.2. The molecule has 0 amide bonds. The van der Waals surface area contributed by atoms with Gasteiger partial charge in [0.2, 0.25) is 0 Å². The molecular weight excluding hydrogens is 226 g/mol. The molecule has 0 bridgehead atoms. The Bertz CT molecular complexity index is 453. The Morgan fingerprint density at radius 1 is 1.47 bits per heavy atom. The standard InChI is InChI=1S/C11H15NO5/c1-6-4-8(5-9(13)16-6)17-7(2)10(12)11(14)15-3/h4-5,7,10H,12H2,1-3H3/t7-,10+/m0/s1. The van der Waals surface area contributed by atoms with Crippen LogP contribution in [0.5, 0.6) is 5.75 Å². The highest BCUT2D eigenvalue weighted by atomic mass is 16.5.